The van der Waals surface area contributed by atoms with E-state index in [1.807, 2.05) is 72.8 Å². The Bertz CT molecular complexity index is 3640. The fourth-order valence-corrected chi connectivity index (χ4v) is 11.3. The van der Waals surface area contributed by atoms with Gasteiger partial charge in [-0.1, -0.05) is 76.2 Å². The lowest BCUT2D eigenvalue weighted by molar-refractivity contribution is 0.0592. The summed E-state index contributed by atoms with van der Waals surface area (Å²) < 4.78 is 21.1. The molecule has 0 spiro atoms. The van der Waals surface area contributed by atoms with Crippen LogP contribution in [0.15, 0.2) is 97.1 Å². The number of H-pyrrole nitrogens is 2. The molecule has 3 aromatic heterocycles. The summed E-state index contributed by atoms with van der Waals surface area (Å²) in [4.78, 5) is 73.1. The number of aromatic nitrogens is 4. The quantitative estimate of drug-likeness (QED) is 0.0890. The van der Waals surface area contributed by atoms with Crippen molar-refractivity contribution in [3.8, 4) is 44.5 Å². The van der Waals surface area contributed by atoms with E-state index in [2.05, 4.69) is 65.4 Å². The standard InChI is InChI=1S/C64H62N4O8/c1-13-45-33(5)53-49(37-21-17-25-41(29-37)61(69)73-9)54-35(7)47(15-3)59(67-54)52(40-24-20-28-44(32-40)64(72)76-12)60-48(16-4)36(8)56(68-60)50(38-22-18-26-42(30-38)62(70)74-10)55-34(6)46(14-2)58(66-55)51(57(45)65-53)39-23-19-27-43(31-39)63(71)75-11/h17-32,65-66H,13-16H2,1-12H3. The van der Waals surface area contributed by atoms with Gasteiger partial charge in [0.15, 0.2) is 0 Å². The van der Waals surface area contributed by atoms with Crippen molar-refractivity contribution in [1.82, 2.24) is 19.9 Å². The summed E-state index contributed by atoms with van der Waals surface area (Å²) in [7, 11) is 5.50. The topological polar surface area (TPSA) is 163 Å². The third kappa shape index (κ3) is 8.80. The number of fused-ring (bicyclic) bond motifs is 8. The molecule has 0 aliphatic carbocycles. The minimum Gasteiger partial charge on any atom is -0.465 e. The first-order valence-electron chi connectivity index (χ1n) is 25.7. The van der Waals surface area contributed by atoms with E-state index in [9.17, 15) is 19.2 Å². The van der Waals surface area contributed by atoms with Crippen LogP contribution in [0.3, 0.4) is 0 Å². The number of hydrogen-bond acceptors (Lipinski definition) is 10. The van der Waals surface area contributed by atoms with E-state index in [0.29, 0.717) is 70.7 Å². The van der Waals surface area contributed by atoms with Crippen LogP contribution in [0.2, 0.25) is 0 Å². The Hall–Kier alpha value is -8.64. The molecule has 7 aromatic rings. The summed E-state index contributed by atoms with van der Waals surface area (Å²) in [6, 6.07) is 29.8. The Kier molecular flexibility index (Phi) is 14.6. The first-order valence-corrected chi connectivity index (χ1v) is 25.7. The molecule has 2 aliphatic heterocycles. The van der Waals surface area contributed by atoms with Gasteiger partial charge in [0.05, 0.1) is 95.5 Å². The molecule has 2 aliphatic rings. The van der Waals surface area contributed by atoms with Gasteiger partial charge in [-0.3, -0.25) is 0 Å². The van der Waals surface area contributed by atoms with Gasteiger partial charge in [0, 0.05) is 22.3 Å². The Labute approximate surface area is 442 Å². The predicted molar refractivity (Wildman–Crippen MR) is 302 cm³/mol. The maximum absolute atomic E-state index is 13.4. The largest absolute Gasteiger partial charge is 0.465 e. The van der Waals surface area contributed by atoms with Crippen molar-refractivity contribution < 1.29 is 38.1 Å². The molecule has 0 radical (unpaired) electrons. The smallest absolute Gasteiger partial charge is 0.337 e. The van der Waals surface area contributed by atoms with Gasteiger partial charge in [-0.05, 0) is 169 Å². The lowest BCUT2D eigenvalue weighted by Gasteiger charge is -2.13. The third-order valence-electron chi connectivity index (χ3n) is 15.0. The molecule has 0 unspecified atom stereocenters. The van der Waals surface area contributed by atoms with Crippen molar-refractivity contribution >= 4 is 68.2 Å². The maximum atomic E-state index is 13.4. The average Bonchev–Trinajstić information content (AvgIpc) is 4.16. The zero-order valence-corrected chi connectivity index (χ0v) is 45.2. The second-order valence-electron chi connectivity index (χ2n) is 19.0. The number of hydrogen-bond donors (Lipinski definition) is 2. The number of aryl methyl sites for hydroxylation is 4. The molecule has 0 amide bonds. The van der Waals surface area contributed by atoms with Gasteiger partial charge >= 0.3 is 23.9 Å². The van der Waals surface area contributed by atoms with Gasteiger partial charge in [0.1, 0.15) is 0 Å². The van der Waals surface area contributed by atoms with Crippen LogP contribution in [0.4, 0.5) is 0 Å². The van der Waals surface area contributed by atoms with E-state index >= 15 is 0 Å². The zero-order valence-electron chi connectivity index (χ0n) is 45.2. The molecule has 0 saturated carbocycles. The SMILES string of the molecule is CCC1=C(C)c2nc1c(-c1cccc(C(=O)OC)c1)c1nc(c(-c3cccc(C(=O)OC)c3)c3[nH]c(c(CC)c3C)c(-c3cccc(C(=O)OC)c3)c3[nH]c(c(C)c3CC)c2-c2cccc(C(=O)OC)c2)C(C)=C1CC. The molecular formula is C64H62N4O8. The highest BCUT2D eigenvalue weighted by atomic mass is 16.5. The summed E-state index contributed by atoms with van der Waals surface area (Å²) in [5.41, 5.74) is 21.4. The van der Waals surface area contributed by atoms with Crippen LogP contribution in [-0.4, -0.2) is 72.3 Å². The van der Waals surface area contributed by atoms with Crippen molar-refractivity contribution in [2.75, 3.05) is 28.4 Å². The number of carbonyl (C=O) groups excluding carboxylic acids is 4. The van der Waals surface area contributed by atoms with Crippen LogP contribution in [0.25, 0.3) is 88.9 Å². The Morgan fingerprint density at radius 3 is 0.987 bits per heavy atom. The van der Waals surface area contributed by atoms with Gasteiger partial charge in [0.25, 0.3) is 0 Å². The van der Waals surface area contributed by atoms with Crippen LogP contribution < -0.4 is 0 Å². The minimum atomic E-state index is -0.480. The highest BCUT2D eigenvalue weighted by molar-refractivity contribution is 6.10. The minimum absolute atomic E-state index is 0.369. The van der Waals surface area contributed by atoms with Gasteiger partial charge in [-0.15, -0.1) is 0 Å². The highest BCUT2D eigenvalue weighted by Crippen LogP contribution is 2.49. The number of rotatable bonds is 12. The van der Waals surface area contributed by atoms with E-state index < -0.39 is 23.9 Å². The van der Waals surface area contributed by atoms with Crippen molar-refractivity contribution in [3.63, 3.8) is 0 Å². The number of carbonyl (C=O) groups is 4. The van der Waals surface area contributed by atoms with Crippen LogP contribution in [-0.2, 0) is 31.8 Å². The van der Waals surface area contributed by atoms with Crippen molar-refractivity contribution in [2.24, 2.45) is 0 Å². The number of esters is 4. The fourth-order valence-electron chi connectivity index (χ4n) is 11.3. The summed E-state index contributed by atoms with van der Waals surface area (Å²) in [5, 5.41) is 0. The predicted octanol–water partition coefficient (Wildman–Crippen LogP) is 14.6. The van der Waals surface area contributed by atoms with E-state index in [-0.39, 0.29) is 0 Å². The third-order valence-corrected chi connectivity index (χ3v) is 15.0. The summed E-state index contributed by atoms with van der Waals surface area (Å²) in [6.45, 7) is 16.9. The number of allylic oxidation sites excluding steroid dienone is 4. The molecule has 0 fully saturated rings. The van der Waals surface area contributed by atoms with Gasteiger partial charge < -0.3 is 28.9 Å². The first kappa shape index (κ1) is 52.2. The van der Waals surface area contributed by atoms with E-state index in [1.54, 1.807) is 24.3 Å². The van der Waals surface area contributed by atoms with Crippen molar-refractivity contribution in [1.29, 1.82) is 0 Å². The highest BCUT2D eigenvalue weighted by Gasteiger charge is 2.32. The van der Waals surface area contributed by atoms with Gasteiger partial charge in [0.2, 0.25) is 0 Å². The average molecular weight is 1020 g/mol. The summed E-state index contributed by atoms with van der Waals surface area (Å²) >= 11 is 0. The van der Waals surface area contributed by atoms with Crippen molar-refractivity contribution in [3.05, 3.63) is 164 Å². The zero-order chi connectivity index (χ0) is 54.3. The summed E-state index contributed by atoms with van der Waals surface area (Å²) in [5.74, 6) is -1.90. The molecule has 8 bridgehead atoms. The lowest BCUT2D eigenvalue weighted by Crippen LogP contribution is -2.02. The van der Waals surface area contributed by atoms with Crippen LogP contribution in [0, 0.1) is 13.8 Å². The number of methoxy groups -OCH3 is 4. The normalized spacial score (nSPS) is 12.3. The van der Waals surface area contributed by atoms with E-state index in [0.717, 1.165) is 111 Å². The molecule has 2 N–H and O–H groups in total. The van der Waals surface area contributed by atoms with Gasteiger partial charge in [-0.2, -0.15) is 0 Å². The number of aromatic amines is 2. The maximum Gasteiger partial charge on any atom is 0.337 e. The van der Waals surface area contributed by atoms with Crippen LogP contribution in [0.1, 0.15) is 141 Å². The van der Waals surface area contributed by atoms with Gasteiger partial charge in [-0.25, -0.2) is 29.1 Å². The lowest BCUT2D eigenvalue weighted by atomic mass is 9.90. The fraction of sp³-hybridized carbons (Fsp3) is 0.250. The Morgan fingerprint density at radius 1 is 0.395 bits per heavy atom. The molecule has 0 atom stereocenters. The second-order valence-corrected chi connectivity index (χ2v) is 19.0. The second kappa shape index (κ2) is 21.3. The molecule has 4 aromatic carbocycles. The van der Waals surface area contributed by atoms with Crippen LogP contribution in [0.5, 0.6) is 0 Å². The molecule has 76 heavy (non-hydrogen) atoms. The molecule has 9 rings (SSSR count). The molecule has 0 saturated heterocycles. The Balaban J connectivity index is 1.66. The number of benzene rings is 4. The Morgan fingerprint density at radius 2 is 0.697 bits per heavy atom. The monoisotopic (exact) mass is 1010 g/mol. The van der Waals surface area contributed by atoms with Crippen LogP contribution >= 0.6 is 0 Å². The first-order chi connectivity index (χ1) is 36.7. The summed E-state index contributed by atoms with van der Waals surface area (Å²) in [6.07, 6.45) is 2.41. The molecule has 5 heterocycles. The van der Waals surface area contributed by atoms with Crippen molar-refractivity contribution in [2.45, 2.75) is 81.1 Å². The molecule has 386 valence electrons. The molecular weight excluding hydrogens is 953 g/mol. The number of ether oxygens (including phenoxy) is 4. The number of nitrogens with one attached hydrogen (secondary N) is 2. The van der Waals surface area contributed by atoms with E-state index in [4.69, 9.17) is 28.9 Å². The molecule has 12 nitrogen and oxygen atoms in total. The van der Waals surface area contributed by atoms with E-state index in [1.165, 1.54) is 28.4 Å². The molecule has 12 heteroatoms. The number of nitrogens with zero attached hydrogens (tertiary/aromatic N) is 2.